The Hall–Kier alpha value is -2.35. The van der Waals surface area contributed by atoms with Gasteiger partial charge in [-0.3, -0.25) is 0 Å². The molecule has 0 fully saturated rings. The van der Waals surface area contributed by atoms with Crippen molar-refractivity contribution in [1.82, 2.24) is 9.55 Å². The fourth-order valence-corrected chi connectivity index (χ4v) is 3.14. The van der Waals surface area contributed by atoms with Crippen LogP contribution in [0.25, 0.3) is 22.4 Å². The van der Waals surface area contributed by atoms with Gasteiger partial charge in [0.1, 0.15) is 5.82 Å². The van der Waals surface area contributed by atoms with E-state index in [4.69, 9.17) is 4.98 Å². The minimum atomic E-state index is 0.987. The van der Waals surface area contributed by atoms with Gasteiger partial charge in [-0.15, -0.1) is 0 Å². The molecule has 1 aromatic heterocycles. The maximum Gasteiger partial charge on any atom is 0.141 e. The lowest BCUT2D eigenvalue weighted by Crippen LogP contribution is -2.03. The second-order valence-corrected chi connectivity index (χ2v) is 5.53. The first-order chi connectivity index (χ1) is 10.4. The van der Waals surface area contributed by atoms with Crippen molar-refractivity contribution in [2.75, 3.05) is 0 Å². The molecule has 0 radical (unpaired) electrons. The number of imidazole rings is 1. The molecule has 1 aliphatic rings. The smallest absolute Gasteiger partial charge is 0.141 e. The predicted octanol–water partition coefficient (Wildman–Crippen LogP) is 4.60. The standard InChI is InChI=1S/C19H18N2/c1-2-8-14-21-18-13-7-6-12-17(18)20-19(21)16-11-5-4-10-15(16)9-3-1/h1-2,4-7,10-13H,3,8-9,14H2/b2-1-. The molecule has 0 aliphatic carbocycles. The topological polar surface area (TPSA) is 17.8 Å². The number of aryl methyl sites for hydroxylation is 2. The number of allylic oxidation sites excluding steroid dienone is 2. The zero-order chi connectivity index (χ0) is 14.1. The van der Waals surface area contributed by atoms with Crippen LogP contribution < -0.4 is 0 Å². The molecule has 21 heavy (non-hydrogen) atoms. The number of fused-ring (bicyclic) bond motifs is 5. The second-order valence-electron chi connectivity index (χ2n) is 5.53. The van der Waals surface area contributed by atoms with Gasteiger partial charge in [0.2, 0.25) is 0 Å². The van der Waals surface area contributed by atoms with E-state index in [-0.39, 0.29) is 0 Å². The molecule has 0 spiro atoms. The van der Waals surface area contributed by atoms with Gasteiger partial charge in [0.15, 0.2) is 0 Å². The van der Waals surface area contributed by atoms with Crippen LogP contribution in [0.1, 0.15) is 18.4 Å². The Labute approximate surface area is 124 Å². The molecule has 0 unspecified atom stereocenters. The molecule has 2 heterocycles. The van der Waals surface area contributed by atoms with E-state index in [1.165, 1.54) is 16.6 Å². The molecule has 1 aliphatic heterocycles. The summed E-state index contributed by atoms with van der Waals surface area (Å²) in [6, 6.07) is 17.1. The van der Waals surface area contributed by atoms with E-state index in [2.05, 4.69) is 65.3 Å². The summed E-state index contributed by atoms with van der Waals surface area (Å²) in [5.74, 6) is 1.11. The molecule has 2 nitrogen and oxygen atoms in total. The van der Waals surface area contributed by atoms with Crippen LogP contribution >= 0.6 is 0 Å². The lowest BCUT2D eigenvalue weighted by atomic mass is 10.0. The van der Waals surface area contributed by atoms with Crippen LogP contribution in [0.5, 0.6) is 0 Å². The quantitative estimate of drug-likeness (QED) is 0.548. The predicted molar refractivity (Wildman–Crippen MR) is 87.2 cm³/mol. The summed E-state index contributed by atoms with van der Waals surface area (Å²) < 4.78 is 2.36. The van der Waals surface area contributed by atoms with E-state index in [1.54, 1.807) is 0 Å². The average molecular weight is 274 g/mol. The van der Waals surface area contributed by atoms with Gasteiger partial charge in [-0.1, -0.05) is 48.6 Å². The molecule has 0 N–H and O–H groups in total. The van der Waals surface area contributed by atoms with E-state index in [1.807, 2.05) is 0 Å². The van der Waals surface area contributed by atoms with Crippen LogP contribution in [0, 0.1) is 0 Å². The zero-order valence-corrected chi connectivity index (χ0v) is 12.0. The van der Waals surface area contributed by atoms with E-state index >= 15 is 0 Å². The summed E-state index contributed by atoms with van der Waals surface area (Å²) in [7, 11) is 0. The number of benzene rings is 2. The third-order valence-corrected chi connectivity index (χ3v) is 4.18. The number of hydrogen-bond acceptors (Lipinski definition) is 1. The number of para-hydroxylation sites is 2. The Morgan fingerprint density at radius 2 is 1.67 bits per heavy atom. The maximum absolute atomic E-state index is 4.91. The van der Waals surface area contributed by atoms with Crippen LogP contribution in [-0.4, -0.2) is 9.55 Å². The highest BCUT2D eigenvalue weighted by atomic mass is 15.1. The molecule has 4 rings (SSSR count). The number of hydrogen-bond donors (Lipinski definition) is 0. The number of nitrogens with zero attached hydrogens (tertiary/aromatic N) is 2. The molecular formula is C19H18N2. The lowest BCUT2D eigenvalue weighted by Gasteiger charge is -2.13. The van der Waals surface area contributed by atoms with Gasteiger partial charge in [0, 0.05) is 12.1 Å². The van der Waals surface area contributed by atoms with Crippen molar-refractivity contribution in [2.45, 2.75) is 25.8 Å². The minimum Gasteiger partial charge on any atom is -0.324 e. The van der Waals surface area contributed by atoms with Gasteiger partial charge in [-0.05, 0) is 37.0 Å². The van der Waals surface area contributed by atoms with Gasteiger partial charge in [0.25, 0.3) is 0 Å². The average Bonchev–Trinajstić information content (AvgIpc) is 2.90. The molecule has 2 aromatic carbocycles. The Morgan fingerprint density at radius 1 is 0.857 bits per heavy atom. The Balaban J connectivity index is 2.00. The Bertz CT molecular complexity index is 811. The van der Waals surface area contributed by atoms with Crippen molar-refractivity contribution >= 4 is 11.0 Å². The molecule has 0 saturated heterocycles. The molecule has 0 atom stereocenters. The fraction of sp³-hybridized carbons (Fsp3) is 0.211. The van der Waals surface area contributed by atoms with Crippen molar-refractivity contribution < 1.29 is 0 Å². The molecule has 0 bridgehead atoms. The van der Waals surface area contributed by atoms with Gasteiger partial charge >= 0.3 is 0 Å². The number of aromatic nitrogens is 2. The summed E-state index contributed by atoms with van der Waals surface area (Å²) in [5, 5.41) is 0. The highest BCUT2D eigenvalue weighted by molar-refractivity contribution is 5.81. The summed E-state index contributed by atoms with van der Waals surface area (Å²) >= 11 is 0. The summed E-state index contributed by atoms with van der Waals surface area (Å²) in [4.78, 5) is 4.91. The summed E-state index contributed by atoms with van der Waals surface area (Å²) in [5.41, 5.74) is 4.99. The van der Waals surface area contributed by atoms with Crippen molar-refractivity contribution in [3.05, 3.63) is 66.2 Å². The van der Waals surface area contributed by atoms with E-state index < -0.39 is 0 Å². The van der Waals surface area contributed by atoms with Gasteiger partial charge in [-0.25, -0.2) is 4.98 Å². The van der Waals surface area contributed by atoms with Crippen LogP contribution in [-0.2, 0) is 13.0 Å². The Morgan fingerprint density at radius 3 is 2.67 bits per heavy atom. The molecule has 0 saturated carbocycles. The van der Waals surface area contributed by atoms with Crippen LogP contribution in [0.4, 0.5) is 0 Å². The molecular weight excluding hydrogens is 256 g/mol. The molecule has 0 amide bonds. The highest BCUT2D eigenvalue weighted by Crippen LogP contribution is 2.29. The van der Waals surface area contributed by atoms with Crippen LogP contribution in [0.2, 0.25) is 0 Å². The maximum atomic E-state index is 4.91. The fourth-order valence-electron chi connectivity index (χ4n) is 3.14. The SMILES string of the molecule is C1=C\CCn2c(nc3ccccc32)-c2ccccc2CC/1. The monoisotopic (exact) mass is 274 g/mol. The molecule has 104 valence electrons. The second kappa shape index (κ2) is 5.21. The highest BCUT2D eigenvalue weighted by Gasteiger charge is 2.14. The molecule has 2 heteroatoms. The first-order valence-electron chi connectivity index (χ1n) is 7.62. The summed E-state index contributed by atoms with van der Waals surface area (Å²) in [6.07, 6.45) is 7.86. The Kier molecular flexibility index (Phi) is 3.07. The van der Waals surface area contributed by atoms with Gasteiger partial charge < -0.3 is 4.57 Å². The molecule has 3 aromatic rings. The lowest BCUT2D eigenvalue weighted by molar-refractivity contribution is 0.732. The van der Waals surface area contributed by atoms with Crippen molar-refractivity contribution in [1.29, 1.82) is 0 Å². The van der Waals surface area contributed by atoms with E-state index in [0.29, 0.717) is 0 Å². The van der Waals surface area contributed by atoms with Crippen molar-refractivity contribution in [3.8, 4) is 11.4 Å². The minimum absolute atomic E-state index is 0.987. The van der Waals surface area contributed by atoms with Crippen LogP contribution in [0.3, 0.4) is 0 Å². The van der Waals surface area contributed by atoms with Crippen LogP contribution in [0.15, 0.2) is 60.7 Å². The third kappa shape index (κ3) is 2.17. The van der Waals surface area contributed by atoms with Crippen molar-refractivity contribution in [3.63, 3.8) is 0 Å². The van der Waals surface area contributed by atoms with E-state index in [0.717, 1.165) is 37.1 Å². The normalized spacial score (nSPS) is 16.2. The largest absolute Gasteiger partial charge is 0.324 e. The first kappa shape index (κ1) is 12.4. The first-order valence-corrected chi connectivity index (χ1v) is 7.62. The van der Waals surface area contributed by atoms with Crippen molar-refractivity contribution in [2.24, 2.45) is 0 Å². The third-order valence-electron chi connectivity index (χ3n) is 4.18. The zero-order valence-electron chi connectivity index (χ0n) is 12.0. The van der Waals surface area contributed by atoms with Gasteiger partial charge in [-0.2, -0.15) is 0 Å². The van der Waals surface area contributed by atoms with E-state index in [9.17, 15) is 0 Å². The van der Waals surface area contributed by atoms with Gasteiger partial charge in [0.05, 0.1) is 11.0 Å². The number of rotatable bonds is 0. The summed E-state index contributed by atoms with van der Waals surface area (Å²) in [6.45, 7) is 0.987.